The van der Waals surface area contributed by atoms with Crippen molar-refractivity contribution in [3.63, 3.8) is 0 Å². The molecule has 0 aliphatic heterocycles. The van der Waals surface area contributed by atoms with Crippen molar-refractivity contribution in [2.75, 3.05) is 47.1 Å². The van der Waals surface area contributed by atoms with Gasteiger partial charge in [0.1, 0.15) is 0 Å². The van der Waals surface area contributed by atoms with Crippen LogP contribution in [0.15, 0.2) is 0 Å². The van der Waals surface area contributed by atoms with Gasteiger partial charge in [0.05, 0.1) is 26.4 Å². The van der Waals surface area contributed by atoms with Crippen molar-refractivity contribution in [1.29, 1.82) is 0 Å². The Labute approximate surface area is 117 Å². The van der Waals surface area contributed by atoms with E-state index in [2.05, 4.69) is 10.6 Å². The molecule has 0 saturated heterocycles. The Kier molecular flexibility index (Phi) is 27.7. The molecular weight excluding hydrogens is 259 g/mol. The van der Waals surface area contributed by atoms with Crippen molar-refractivity contribution in [2.24, 2.45) is 0 Å². The van der Waals surface area contributed by atoms with Crippen LogP contribution in [0.2, 0.25) is 0 Å². The predicted octanol–water partition coefficient (Wildman–Crippen LogP) is 0.399. The largest absolute Gasteiger partial charge is 0.379 e. The van der Waals surface area contributed by atoms with Crippen molar-refractivity contribution < 1.29 is 32.8 Å². The van der Waals surface area contributed by atoms with Crippen LogP contribution in [-0.4, -0.2) is 53.0 Å². The molecule has 0 spiro atoms. The van der Waals surface area contributed by atoms with Gasteiger partial charge in [-0.1, -0.05) is 13.8 Å². The van der Waals surface area contributed by atoms with E-state index < -0.39 is 0 Å². The molecule has 0 rings (SSSR count). The smallest absolute Gasteiger partial charge is 0.222 e. The van der Waals surface area contributed by atoms with E-state index in [1.165, 1.54) is 0 Å². The van der Waals surface area contributed by atoms with Gasteiger partial charge in [0.2, 0.25) is 5.91 Å². The van der Waals surface area contributed by atoms with E-state index in [9.17, 15) is 4.79 Å². The molecule has 0 aromatic heterocycles. The van der Waals surface area contributed by atoms with E-state index in [4.69, 9.17) is 9.47 Å². The van der Waals surface area contributed by atoms with E-state index in [0.29, 0.717) is 32.8 Å². The summed E-state index contributed by atoms with van der Waals surface area (Å²) in [6.45, 7) is 7.11. The van der Waals surface area contributed by atoms with Gasteiger partial charge in [-0.3, -0.25) is 4.79 Å². The maximum Gasteiger partial charge on any atom is 0.222 e. The maximum absolute atomic E-state index is 10.8. The Morgan fingerprint density at radius 3 is 2.00 bits per heavy atom. The van der Waals surface area contributed by atoms with Gasteiger partial charge in [0.15, 0.2) is 0 Å². The molecule has 0 fully saturated rings. The molecule has 17 heavy (non-hydrogen) atoms. The fourth-order valence-corrected chi connectivity index (χ4v) is 0.786. The summed E-state index contributed by atoms with van der Waals surface area (Å²) in [5.74, 6) is 0.00102. The summed E-state index contributed by atoms with van der Waals surface area (Å²) in [4.78, 5) is 10.8. The summed E-state index contributed by atoms with van der Waals surface area (Å²) >= 11 is 0. The summed E-state index contributed by atoms with van der Waals surface area (Å²) < 4.78 is 10.4. The van der Waals surface area contributed by atoms with Crippen molar-refractivity contribution in [3.05, 3.63) is 0 Å². The van der Waals surface area contributed by atoms with Gasteiger partial charge in [0.25, 0.3) is 0 Å². The molecule has 0 aliphatic rings. The molecule has 0 saturated carbocycles. The number of hydrogen-bond donors (Lipinski definition) is 2. The first kappa shape index (κ1) is 22.1. The second-order valence-electron chi connectivity index (χ2n) is 2.75. The Bertz CT molecular complexity index is 149. The summed E-state index contributed by atoms with van der Waals surface area (Å²) in [5, 5.41) is 5.50. The van der Waals surface area contributed by atoms with Crippen LogP contribution in [0, 0.1) is 0 Å². The number of ether oxygens (including phenoxy) is 2. The molecule has 1 amide bonds. The molecule has 0 unspecified atom stereocenters. The molecule has 103 valence electrons. The number of hydrogen-bond acceptors (Lipinski definition) is 4. The molecule has 0 bridgehead atoms. The zero-order valence-corrected chi connectivity index (χ0v) is 12.8. The molecule has 5 nitrogen and oxygen atoms in total. The van der Waals surface area contributed by atoms with Crippen LogP contribution >= 0.6 is 0 Å². The molecule has 0 atom stereocenters. The minimum Gasteiger partial charge on any atom is -0.379 e. The number of carbonyl (C=O) groups excluding carboxylic acids is 1. The van der Waals surface area contributed by atoms with Crippen LogP contribution in [-0.2, 0) is 32.8 Å². The van der Waals surface area contributed by atoms with Crippen LogP contribution in [0.4, 0.5) is 0 Å². The van der Waals surface area contributed by atoms with Gasteiger partial charge in [0, 0.05) is 38.6 Å². The second-order valence-corrected chi connectivity index (χ2v) is 2.75. The van der Waals surface area contributed by atoms with Gasteiger partial charge in [-0.15, -0.1) is 0 Å². The van der Waals surface area contributed by atoms with Gasteiger partial charge in [-0.25, -0.2) is 0 Å². The number of nitrogens with one attached hydrogen (secondary N) is 2. The van der Waals surface area contributed by atoms with Crippen LogP contribution < -0.4 is 10.6 Å². The zero-order valence-electron chi connectivity index (χ0n) is 11.4. The minimum atomic E-state index is 0. The third-order valence-corrected chi connectivity index (χ3v) is 1.62. The van der Waals surface area contributed by atoms with Crippen molar-refractivity contribution in [3.8, 4) is 0 Å². The van der Waals surface area contributed by atoms with Crippen molar-refractivity contribution in [2.45, 2.75) is 20.3 Å². The monoisotopic (exact) mass is 285 g/mol. The second kappa shape index (κ2) is 21.2. The van der Waals surface area contributed by atoms with Crippen molar-refractivity contribution >= 4 is 5.91 Å². The normalized spacial score (nSPS) is 8.71. The minimum absolute atomic E-state index is 0. The summed E-state index contributed by atoms with van der Waals surface area (Å²) in [6, 6.07) is 0. The summed E-state index contributed by atoms with van der Waals surface area (Å²) in [5.41, 5.74) is 0. The number of carbonyl (C=O) groups is 1. The van der Waals surface area contributed by atoms with Crippen LogP contribution in [0.5, 0.6) is 0 Å². The summed E-state index contributed by atoms with van der Waals surface area (Å²) in [6.07, 6.45) is 0.410. The van der Waals surface area contributed by atoms with Gasteiger partial charge in [-0.05, 0) is 7.05 Å². The quantitative estimate of drug-likeness (QED) is 0.602. The van der Waals surface area contributed by atoms with E-state index in [1.807, 2.05) is 20.9 Å². The van der Waals surface area contributed by atoms with Crippen LogP contribution in [0.3, 0.4) is 0 Å². The molecule has 2 N–H and O–H groups in total. The Morgan fingerprint density at radius 2 is 1.53 bits per heavy atom. The number of likely N-dealkylation sites (N-methyl/N-ethyl adjacent to an activating group) is 1. The first-order valence-corrected chi connectivity index (χ1v) is 5.82. The number of amides is 1. The third kappa shape index (κ3) is 21.7. The van der Waals surface area contributed by atoms with E-state index >= 15 is 0 Å². The molecule has 1 radical (unpaired) electrons. The van der Waals surface area contributed by atoms with Crippen LogP contribution in [0.25, 0.3) is 0 Å². The first-order valence-electron chi connectivity index (χ1n) is 5.82. The molecule has 6 heteroatoms. The SMILES string of the molecule is CC.CNCCOCCOCCC(=O)NC.[V]. The third-order valence-electron chi connectivity index (χ3n) is 1.62. The Hall–Kier alpha value is -0.0656. The fraction of sp³-hybridized carbons (Fsp3) is 0.909. The zero-order chi connectivity index (χ0) is 12.6. The standard InChI is InChI=1S/C9H20N2O3.C2H6.V/c1-10-4-6-14-8-7-13-5-3-9(12)11-2;1-2;/h10H,3-8H2,1-2H3,(H,11,12);1-2H3;. The van der Waals surface area contributed by atoms with E-state index in [-0.39, 0.29) is 24.5 Å². The van der Waals surface area contributed by atoms with E-state index in [0.717, 1.165) is 6.54 Å². The van der Waals surface area contributed by atoms with Gasteiger partial charge < -0.3 is 20.1 Å². The summed E-state index contributed by atoms with van der Waals surface area (Å²) in [7, 11) is 3.49. The topological polar surface area (TPSA) is 59.6 Å². The molecule has 0 aromatic rings. The molecule has 0 heterocycles. The Balaban J connectivity index is -0.000000616. The average Bonchev–Trinajstić information content (AvgIpc) is 2.34. The average molecular weight is 285 g/mol. The fourth-order valence-electron chi connectivity index (χ4n) is 0.786. The Morgan fingerprint density at radius 1 is 1.00 bits per heavy atom. The molecule has 0 aromatic carbocycles. The number of rotatable bonds is 9. The van der Waals surface area contributed by atoms with E-state index in [1.54, 1.807) is 7.05 Å². The van der Waals surface area contributed by atoms with Gasteiger partial charge >= 0.3 is 0 Å². The first-order chi connectivity index (χ1) is 7.81. The maximum atomic E-state index is 10.8. The van der Waals surface area contributed by atoms with Gasteiger partial charge in [-0.2, -0.15) is 0 Å². The van der Waals surface area contributed by atoms with Crippen molar-refractivity contribution in [1.82, 2.24) is 10.6 Å². The van der Waals surface area contributed by atoms with Crippen LogP contribution in [0.1, 0.15) is 20.3 Å². The molecular formula is C11H26N2O3V. The molecule has 0 aliphatic carbocycles. The predicted molar refractivity (Wildman–Crippen MR) is 65.6 cm³/mol.